The molecule has 0 radical (unpaired) electrons. The lowest BCUT2D eigenvalue weighted by Crippen LogP contribution is -2.32. The number of benzene rings is 3. The van der Waals surface area contributed by atoms with Gasteiger partial charge in [-0.2, -0.15) is 0 Å². The number of aryl methyl sites for hydroxylation is 2. The van der Waals surface area contributed by atoms with Gasteiger partial charge in [-0.05, 0) is 49.2 Å². The summed E-state index contributed by atoms with van der Waals surface area (Å²) in [5.74, 6) is -0.623. The Kier molecular flexibility index (Phi) is 5.89. The Bertz CT molecular complexity index is 1270. The molecule has 0 atom stereocenters. The minimum Gasteiger partial charge on any atom is -0.324 e. The normalized spacial score (nSPS) is 10.8. The molecule has 4 rings (SSSR count). The van der Waals surface area contributed by atoms with E-state index in [0.717, 1.165) is 11.1 Å². The predicted octanol–water partition coefficient (Wildman–Crippen LogP) is 3.70. The minimum absolute atomic E-state index is 0.153. The van der Waals surface area contributed by atoms with Crippen molar-refractivity contribution in [3.8, 4) is 0 Å². The second-order valence-corrected chi connectivity index (χ2v) is 7.67. The van der Waals surface area contributed by atoms with E-state index in [0.29, 0.717) is 22.4 Å². The summed E-state index contributed by atoms with van der Waals surface area (Å²) in [6.07, 6.45) is 0. The van der Waals surface area contributed by atoms with Crippen molar-refractivity contribution in [1.82, 2.24) is 9.13 Å². The van der Waals surface area contributed by atoms with Gasteiger partial charge >= 0.3 is 5.69 Å². The monoisotopic (exact) mass is 428 g/mol. The summed E-state index contributed by atoms with van der Waals surface area (Å²) in [5, 5.41) is 5.70. The van der Waals surface area contributed by atoms with E-state index in [1.54, 1.807) is 24.3 Å². The summed E-state index contributed by atoms with van der Waals surface area (Å²) in [5.41, 5.74) is 4.05. The van der Waals surface area contributed by atoms with Gasteiger partial charge in [0.1, 0.15) is 13.1 Å². The van der Waals surface area contributed by atoms with Crippen LogP contribution >= 0.6 is 0 Å². The van der Waals surface area contributed by atoms with E-state index in [9.17, 15) is 14.4 Å². The number of aromatic nitrogens is 2. The van der Waals surface area contributed by atoms with Crippen molar-refractivity contribution in [2.24, 2.45) is 0 Å². The molecule has 2 N–H and O–H groups in total. The second-order valence-electron chi connectivity index (χ2n) is 7.67. The van der Waals surface area contributed by atoms with Gasteiger partial charge in [-0.25, -0.2) is 4.79 Å². The molecule has 0 saturated heterocycles. The second kappa shape index (κ2) is 8.93. The fourth-order valence-electron chi connectivity index (χ4n) is 3.67. The highest BCUT2D eigenvalue weighted by Crippen LogP contribution is 2.17. The summed E-state index contributed by atoms with van der Waals surface area (Å²) in [4.78, 5) is 38.5. The molecular formula is C25H24N4O3. The van der Waals surface area contributed by atoms with Gasteiger partial charge < -0.3 is 10.6 Å². The van der Waals surface area contributed by atoms with E-state index >= 15 is 0 Å². The summed E-state index contributed by atoms with van der Waals surface area (Å²) in [6, 6.07) is 22.1. The number of hydrogen-bond acceptors (Lipinski definition) is 3. The average Bonchev–Trinajstić information content (AvgIpc) is 3.03. The maximum Gasteiger partial charge on any atom is 0.330 e. The van der Waals surface area contributed by atoms with Gasteiger partial charge in [-0.3, -0.25) is 18.7 Å². The van der Waals surface area contributed by atoms with Crippen LogP contribution in [-0.4, -0.2) is 20.9 Å². The van der Waals surface area contributed by atoms with E-state index in [4.69, 9.17) is 0 Å². The van der Waals surface area contributed by atoms with E-state index in [-0.39, 0.29) is 24.9 Å². The van der Waals surface area contributed by atoms with Crippen LogP contribution in [0.15, 0.2) is 77.6 Å². The number of para-hydroxylation sites is 4. The van der Waals surface area contributed by atoms with Crippen molar-refractivity contribution in [3.63, 3.8) is 0 Å². The fraction of sp³-hybridized carbons (Fsp3) is 0.160. The highest BCUT2D eigenvalue weighted by atomic mass is 16.2. The van der Waals surface area contributed by atoms with Gasteiger partial charge in [0.15, 0.2) is 0 Å². The van der Waals surface area contributed by atoms with E-state index in [2.05, 4.69) is 10.6 Å². The molecule has 162 valence electrons. The number of amides is 2. The first-order valence-electron chi connectivity index (χ1n) is 10.3. The third-order valence-corrected chi connectivity index (χ3v) is 5.37. The molecule has 32 heavy (non-hydrogen) atoms. The standard InChI is InChI=1S/C25H24N4O3/c1-17-9-3-5-11-19(17)26-23(30)15-28-21-13-7-8-14-22(21)29(25(28)32)16-24(31)27-20-12-6-4-10-18(20)2/h3-14H,15-16H2,1-2H3,(H,26,30)(H,27,31). The number of rotatable bonds is 6. The molecule has 3 aromatic carbocycles. The molecule has 7 heteroatoms. The molecule has 0 fully saturated rings. The number of nitrogens with one attached hydrogen (secondary N) is 2. The topological polar surface area (TPSA) is 85.1 Å². The van der Waals surface area contributed by atoms with Crippen LogP contribution in [0.2, 0.25) is 0 Å². The van der Waals surface area contributed by atoms with Crippen molar-refractivity contribution >= 4 is 34.2 Å². The Hall–Kier alpha value is -4.13. The third kappa shape index (κ3) is 4.32. The smallest absolute Gasteiger partial charge is 0.324 e. The van der Waals surface area contributed by atoms with E-state index in [1.165, 1.54) is 9.13 Å². The van der Waals surface area contributed by atoms with Crippen LogP contribution < -0.4 is 16.3 Å². The van der Waals surface area contributed by atoms with Crippen molar-refractivity contribution in [3.05, 3.63) is 94.4 Å². The van der Waals surface area contributed by atoms with Crippen molar-refractivity contribution in [1.29, 1.82) is 0 Å². The number of hydrogen-bond donors (Lipinski definition) is 2. The molecule has 4 aromatic rings. The summed E-state index contributed by atoms with van der Waals surface area (Å²) in [6.45, 7) is 3.50. The first-order chi connectivity index (χ1) is 15.4. The Morgan fingerprint density at radius 3 is 1.44 bits per heavy atom. The lowest BCUT2D eigenvalue weighted by atomic mass is 10.2. The fourth-order valence-corrected chi connectivity index (χ4v) is 3.67. The van der Waals surface area contributed by atoms with Gasteiger partial charge in [-0.15, -0.1) is 0 Å². The summed E-state index contributed by atoms with van der Waals surface area (Å²) >= 11 is 0. The van der Waals surface area contributed by atoms with E-state index < -0.39 is 5.69 Å². The van der Waals surface area contributed by atoms with Crippen molar-refractivity contribution < 1.29 is 9.59 Å². The maximum atomic E-state index is 13.2. The molecule has 0 bridgehead atoms. The van der Waals surface area contributed by atoms with Crippen LogP contribution in [0, 0.1) is 13.8 Å². The van der Waals surface area contributed by atoms with Crippen molar-refractivity contribution in [2.45, 2.75) is 26.9 Å². The molecule has 0 unspecified atom stereocenters. The molecule has 0 spiro atoms. The van der Waals surface area contributed by atoms with Gasteiger partial charge in [0.05, 0.1) is 11.0 Å². The van der Waals surface area contributed by atoms with Crippen LogP contribution in [0.4, 0.5) is 11.4 Å². The zero-order valence-electron chi connectivity index (χ0n) is 18.0. The van der Waals surface area contributed by atoms with Crippen molar-refractivity contribution in [2.75, 3.05) is 10.6 Å². The van der Waals surface area contributed by atoms with E-state index in [1.807, 2.05) is 62.4 Å². The zero-order chi connectivity index (χ0) is 22.7. The molecule has 0 aliphatic rings. The highest BCUT2D eigenvalue weighted by Gasteiger charge is 2.18. The van der Waals surface area contributed by atoms with Gasteiger partial charge in [0.2, 0.25) is 11.8 Å². The Labute approximate surface area is 185 Å². The van der Waals surface area contributed by atoms with Crippen LogP contribution in [-0.2, 0) is 22.7 Å². The Balaban J connectivity index is 1.60. The molecule has 2 amide bonds. The molecule has 0 aliphatic heterocycles. The summed E-state index contributed by atoms with van der Waals surface area (Å²) < 4.78 is 2.79. The molecular weight excluding hydrogens is 404 g/mol. The predicted molar refractivity (Wildman–Crippen MR) is 126 cm³/mol. The van der Waals surface area contributed by atoms with Crippen LogP contribution in [0.5, 0.6) is 0 Å². The number of carbonyl (C=O) groups excluding carboxylic acids is 2. The molecule has 0 saturated carbocycles. The van der Waals surface area contributed by atoms with Crippen LogP contribution in [0.1, 0.15) is 11.1 Å². The largest absolute Gasteiger partial charge is 0.330 e. The highest BCUT2D eigenvalue weighted by molar-refractivity contribution is 5.93. The first-order valence-corrected chi connectivity index (χ1v) is 10.3. The zero-order valence-corrected chi connectivity index (χ0v) is 18.0. The average molecular weight is 428 g/mol. The number of fused-ring (bicyclic) bond motifs is 1. The molecule has 1 heterocycles. The quantitative estimate of drug-likeness (QED) is 0.491. The van der Waals surface area contributed by atoms with Gasteiger partial charge in [0, 0.05) is 11.4 Å². The van der Waals surface area contributed by atoms with Crippen LogP contribution in [0.3, 0.4) is 0 Å². The summed E-state index contributed by atoms with van der Waals surface area (Å²) in [7, 11) is 0. The Morgan fingerprint density at radius 2 is 1.03 bits per heavy atom. The van der Waals surface area contributed by atoms with Crippen LogP contribution in [0.25, 0.3) is 11.0 Å². The first kappa shape index (κ1) is 21.1. The lowest BCUT2D eigenvalue weighted by molar-refractivity contribution is -0.117. The SMILES string of the molecule is Cc1ccccc1NC(=O)Cn1c(=O)n(CC(=O)Nc2ccccc2C)c2ccccc21. The maximum absolute atomic E-state index is 13.2. The number of carbonyl (C=O) groups is 2. The van der Waals surface area contributed by atoms with Gasteiger partial charge in [-0.1, -0.05) is 48.5 Å². The molecule has 7 nitrogen and oxygen atoms in total. The number of anilines is 2. The Morgan fingerprint density at radius 1 is 0.656 bits per heavy atom. The molecule has 0 aliphatic carbocycles. The minimum atomic E-state index is -0.411. The molecule has 1 aromatic heterocycles. The number of imidazole rings is 1. The third-order valence-electron chi connectivity index (χ3n) is 5.37. The lowest BCUT2D eigenvalue weighted by Gasteiger charge is -2.09. The number of nitrogens with zero attached hydrogens (tertiary/aromatic N) is 2. The van der Waals surface area contributed by atoms with Gasteiger partial charge in [0.25, 0.3) is 0 Å².